The van der Waals surface area contributed by atoms with Crippen molar-refractivity contribution in [2.24, 2.45) is 0 Å². The summed E-state index contributed by atoms with van der Waals surface area (Å²) in [5.74, 6) is -0.0402. The Morgan fingerprint density at radius 1 is 0.892 bits per heavy atom. The van der Waals surface area contributed by atoms with Crippen LogP contribution in [0.2, 0.25) is 0 Å². The van der Waals surface area contributed by atoms with Crippen LogP contribution in [0, 0.1) is 20.8 Å². The second-order valence-electron chi connectivity index (χ2n) is 10.2. The Morgan fingerprint density at radius 2 is 1.54 bits per heavy atom. The lowest BCUT2D eigenvalue weighted by atomic mass is 10.0. The molecule has 1 aliphatic rings. The molecule has 4 aromatic rings. The third-order valence-corrected chi connectivity index (χ3v) is 7.45. The van der Waals surface area contributed by atoms with Crippen LogP contribution in [0.5, 0.6) is 0 Å². The minimum atomic E-state index is -0.0869. The van der Waals surface area contributed by atoms with E-state index in [9.17, 15) is 9.59 Å². The Bertz CT molecular complexity index is 1470. The van der Waals surface area contributed by atoms with E-state index in [1.165, 1.54) is 5.56 Å². The predicted molar refractivity (Wildman–Crippen MR) is 148 cm³/mol. The molecule has 5 rings (SSSR count). The number of benzene rings is 3. The van der Waals surface area contributed by atoms with Crippen molar-refractivity contribution in [1.29, 1.82) is 0 Å². The van der Waals surface area contributed by atoms with Gasteiger partial charge < -0.3 is 9.88 Å². The van der Waals surface area contributed by atoms with Gasteiger partial charge in [-0.25, -0.2) is 4.98 Å². The summed E-state index contributed by atoms with van der Waals surface area (Å²) < 4.78 is 1.78. The van der Waals surface area contributed by atoms with Crippen LogP contribution in [0.1, 0.15) is 51.1 Å². The van der Waals surface area contributed by atoms with Gasteiger partial charge in [-0.15, -0.1) is 0 Å². The Kier molecular flexibility index (Phi) is 7.19. The Labute approximate surface area is 218 Å². The maximum atomic E-state index is 12.9. The highest BCUT2D eigenvalue weighted by Gasteiger charge is 2.21. The second kappa shape index (κ2) is 10.7. The molecule has 190 valence electrons. The van der Waals surface area contributed by atoms with Crippen molar-refractivity contribution in [3.05, 3.63) is 111 Å². The molecule has 0 radical (unpaired) electrons. The fourth-order valence-electron chi connectivity index (χ4n) is 5.07. The Morgan fingerprint density at radius 3 is 2.24 bits per heavy atom. The first-order valence-electron chi connectivity index (χ1n) is 13.0. The van der Waals surface area contributed by atoms with E-state index in [1.807, 2.05) is 49.4 Å². The van der Waals surface area contributed by atoms with Crippen molar-refractivity contribution in [2.45, 2.75) is 52.7 Å². The third kappa shape index (κ3) is 5.65. The fraction of sp³-hybridized carbons (Fsp3) is 0.323. The quantitative estimate of drug-likeness (QED) is 0.420. The highest BCUT2D eigenvalue weighted by Crippen LogP contribution is 2.19. The molecule has 1 aromatic heterocycles. The number of likely N-dealkylation sites (tertiary alicyclic amines) is 1. The molecule has 0 bridgehead atoms. The summed E-state index contributed by atoms with van der Waals surface area (Å²) in [5, 5.41) is 3.21. The zero-order chi connectivity index (χ0) is 25.9. The van der Waals surface area contributed by atoms with E-state index in [0.717, 1.165) is 60.2 Å². The van der Waals surface area contributed by atoms with Crippen LogP contribution in [0.25, 0.3) is 11.0 Å². The number of fused-ring (bicyclic) bond motifs is 1. The number of nitrogens with one attached hydrogen (secondary N) is 1. The molecule has 0 spiro atoms. The highest BCUT2D eigenvalue weighted by atomic mass is 16.1. The zero-order valence-electron chi connectivity index (χ0n) is 21.8. The molecule has 1 amide bonds. The van der Waals surface area contributed by atoms with Gasteiger partial charge in [0.1, 0.15) is 5.69 Å². The number of aryl methyl sites for hydroxylation is 3. The summed E-state index contributed by atoms with van der Waals surface area (Å²) in [5.41, 5.74) is 7.28. The SMILES string of the molecule is Cc1cc2nc(C)c(=O)n(Cc3ccc(C(=O)NC4CCN(Cc5ccccc5)CC4)cc3)c2cc1C. The number of amides is 1. The lowest BCUT2D eigenvalue weighted by Crippen LogP contribution is -2.44. The predicted octanol–water partition coefficient (Wildman–Crippen LogP) is 4.76. The molecule has 0 saturated carbocycles. The number of hydrogen-bond acceptors (Lipinski definition) is 4. The second-order valence-corrected chi connectivity index (χ2v) is 10.2. The van der Waals surface area contributed by atoms with Crippen LogP contribution in [-0.2, 0) is 13.1 Å². The summed E-state index contributed by atoms with van der Waals surface area (Å²) in [6, 6.07) is 22.4. The average Bonchev–Trinajstić information content (AvgIpc) is 2.90. The van der Waals surface area contributed by atoms with Gasteiger partial charge in [-0.3, -0.25) is 14.5 Å². The van der Waals surface area contributed by atoms with Crippen LogP contribution in [0.15, 0.2) is 71.5 Å². The van der Waals surface area contributed by atoms with E-state index < -0.39 is 0 Å². The lowest BCUT2D eigenvalue weighted by Gasteiger charge is -2.32. The zero-order valence-corrected chi connectivity index (χ0v) is 21.8. The number of rotatable bonds is 6. The molecule has 0 atom stereocenters. The Balaban J connectivity index is 1.22. The normalized spacial score (nSPS) is 14.7. The largest absolute Gasteiger partial charge is 0.349 e. The Hall–Kier alpha value is -3.77. The summed E-state index contributed by atoms with van der Waals surface area (Å²) >= 11 is 0. The van der Waals surface area contributed by atoms with Crippen molar-refractivity contribution in [3.8, 4) is 0 Å². The molecule has 1 aliphatic heterocycles. The summed E-state index contributed by atoms with van der Waals surface area (Å²) in [6.07, 6.45) is 1.90. The summed E-state index contributed by atoms with van der Waals surface area (Å²) in [7, 11) is 0. The topological polar surface area (TPSA) is 67.2 Å². The van der Waals surface area contributed by atoms with Crippen LogP contribution in [0.4, 0.5) is 0 Å². The molecule has 6 nitrogen and oxygen atoms in total. The van der Waals surface area contributed by atoms with Gasteiger partial charge in [0.15, 0.2) is 0 Å². The smallest absolute Gasteiger partial charge is 0.272 e. The van der Waals surface area contributed by atoms with E-state index in [0.29, 0.717) is 17.8 Å². The van der Waals surface area contributed by atoms with Gasteiger partial charge in [-0.1, -0.05) is 42.5 Å². The molecule has 1 N–H and O–H groups in total. The molecule has 2 heterocycles. The molecule has 0 unspecified atom stereocenters. The maximum absolute atomic E-state index is 12.9. The summed E-state index contributed by atoms with van der Waals surface area (Å²) in [6.45, 7) is 9.20. The van der Waals surface area contributed by atoms with Crippen LogP contribution in [-0.4, -0.2) is 39.5 Å². The van der Waals surface area contributed by atoms with Crippen LogP contribution in [0.3, 0.4) is 0 Å². The number of nitrogens with zero attached hydrogens (tertiary/aromatic N) is 3. The van der Waals surface area contributed by atoms with Gasteiger partial charge in [0.2, 0.25) is 0 Å². The van der Waals surface area contributed by atoms with E-state index in [-0.39, 0.29) is 17.5 Å². The number of carbonyl (C=O) groups excluding carboxylic acids is 1. The van der Waals surface area contributed by atoms with Gasteiger partial charge in [0.25, 0.3) is 11.5 Å². The van der Waals surface area contributed by atoms with Gasteiger partial charge in [-0.05, 0) is 80.1 Å². The van der Waals surface area contributed by atoms with Crippen molar-refractivity contribution >= 4 is 16.9 Å². The van der Waals surface area contributed by atoms with Gasteiger partial charge >= 0.3 is 0 Å². The highest BCUT2D eigenvalue weighted by molar-refractivity contribution is 5.94. The van der Waals surface area contributed by atoms with Crippen molar-refractivity contribution in [1.82, 2.24) is 19.8 Å². The van der Waals surface area contributed by atoms with Gasteiger partial charge in [0.05, 0.1) is 17.6 Å². The average molecular weight is 495 g/mol. The first-order chi connectivity index (χ1) is 17.9. The minimum absolute atomic E-state index is 0.0402. The monoisotopic (exact) mass is 494 g/mol. The number of hydrogen-bond donors (Lipinski definition) is 1. The van der Waals surface area contributed by atoms with E-state index in [4.69, 9.17) is 0 Å². The standard InChI is InChI=1S/C31H34N4O2/c1-21-17-28-29(18-22(21)2)35(31(37)23(3)32-28)20-25-9-11-26(12-10-25)30(36)33-27-13-15-34(16-14-27)19-24-7-5-4-6-8-24/h4-12,17-18,27H,13-16,19-20H2,1-3H3,(H,33,36). The number of aromatic nitrogens is 2. The van der Waals surface area contributed by atoms with Crippen molar-refractivity contribution in [3.63, 3.8) is 0 Å². The lowest BCUT2D eigenvalue weighted by molar-refractivity contribution is 0.0909. The van der Waals surface area contributed by atoms with Gasteiger partial charge in [0, 0.05) is 31.2 Å². The first-order valence-corrected chi connectivity index (χ1v) is 13.0. The fourth-order valence-corrected chi connectivity index (χ4v) is 5.07. The molecular formula is C31H34N4O2. The molecular weight excluding hydrogens is 460 g/mol. The third-order valence-electron chi connectivity index (χ3n) is 7.45. The van der Waals surface area contributed by atoms with E-state index in [1.54, 1.807) is 11.5 Å². The minimum Gasteiger partial charge on any atom is -0.349 e. The molecule has 37 heavy (non-hydrogen) atoms. The van der Waals surface area contributed by atoms with Crippen molar-refractivity contribution < 1.29 is 4.79 Å². The van der Waals surface area contributed by atoms with E-state index >= 15 is 0 Å². The summed E-state index contributed by atoms with van der Waals surface area (Å²) in [4.78, 5) is 32.8. The maximum Gasteiger partial charge on any atom is 0.272 e. The molecule has 0 aliphatic carbocycles. The van der Waals surface area contributed by atoms with Crippen molar-refractivity contribution in [2.75, 3.05) is 13.1 Å². The molecule has 1 fully saturated rings. The van der Waals surface area contributed by atoms with Crippen LogP contribution < -0.4 is 10.9 Å². The number of piperidine rings is 1. The molecule has 1 saturated heterocycles. The first kappa shape index (κ1) is 24.9. The van der Waals surface area contributed by atoms with E-state index in [2.05, 4.69) is 46.4 Å². The van der Waals surface area contributed by atoms with Crippen LogP contribution >= 0.6 is 0 Å². The van der Waals surface area contributed by atoms with Gasteiger partial charge in [-0.2, -0.15) is 0 Å². The molecule has 6 heteroatoms. The molecule has 3 aromatic carbocycles. The number of carbonyl (C=O) groups is 1.